The number of carbonyl (C=O) groups excluding carboxylic acids is 1. The summed E-state index contributed by atoms with van der Waals surface area (Å²) in [7, 11) is 0. The molecule has 0 fully saturated rings. The monoisotopic (exact) mass is 296 g/mol. The quantitative estimate of drug-likeness (QED) is 0.271. The van der Waals surface area contributed by atoms with Gasteiger partial charge in [0.25, 0.3) is 0 Å². The van der Waals surface area contributed by atoms with E-state index in [2.05, 4.69) is 15.8 Å². The number of hydrogen-bond donors (Lipinski definition) is 4. The molecule has 5 N–H and O–H groups in total. The molecule has 0 spiro atoms. The van der Waals surface area contributed by atoms with Crippen LogP contribution in [0.1, 0.15) is 31.9 Å². The van der Waals surface area contributed by atoms with E-state index < -0.39 is 11.9 Å². The van der Waals surface area contributed by atoms with Gasteiger partial charge in [0.1, 0.15) is 5.82 Å². The highest BCUT2D eigenvalue weighted by atomic mass is 19.1. The van der Waals surface area contributed by atoms with Crippen LogP contribution in [0, 0.1) is 5.82 Å². The average molecular weight is 296 g/mol. The normalized spacial score (nSPS) is 13.3. The Labute approximate surface area is 123 Å². The van der Waals surface area contributed by atoms with Crippen molar-refractivity contribution in [2.45, 2.75) is 39.4 Å². The van der Waals surface area contributed by atoms with Gasteiger partial charge < -0.3 is 21.6 Å². The molecule has 21 heavy (non-hydrogen) atoms. The highest BCUT2D eigenvalue weighted by Gasteiger charge is 2.15. The lowest BCUT2D eigenvalue weighted by Crippen LogP contribution is -2.44. The predicted molar refractivity (Wildman–Crippen MR) is 78.5 cm³/mol. The van der Waals surface area contributed by atoms with Crippen LogP contribution in [-0.4, -0.2) is 29.0 Å². The van der Waals surface area contributed by atoms with Crippen molar-refractivity contribution in [1.82, 2.24) is 10.6 Å². The van der Waals surface area contributed by atoms with Crippen LogP contribution in [0.15, 0.2) is 23.4 Å². The summed E-state index contributed by atoms with van der Waals surface area (Å²) in [5.41, 5.74) is 5.76. The number of amides is 1. The van der Waals surface area contributed by atoms with E-state index in [-0.39, 0.29) is 29.9 Å². The Bertz CT molecular complexity index is 532. The molecule has 0 bridgehead atoms. The van der Waals surface area contributed by atoms with E-state index >= 15 is 0 Å². The van der Waals surface area contributed by atoms with Gasteiger partial charge in [-0.25, -0.2) is 4.39 Å². The molecule has 1 unspecified atom stereocenters. The number of rotatable bonds is 6. The second-order valence-corrected chi connectivity index (χ2v) is 5.03. The van der Waals surface area contributed by atoms with Crippen LogP contribution in [-0.2, 0) is 11.3 Å². The van der Waals surface area contributed by atoms with Gasteiger partial charge in [0.05, 0.1) is 11.6 Å². The summed E-state index contributed by atoms with van der Waals surface area (Å²) in [6.07, 6.45) is 0. The number of nitrogens with zero attached hydrogens (tertiary/aromatic N) is 1. The fourth-order valence-electron chi connectivity index (χ4n) is 1.73. The van der Waals surface area contributed by atoms with E-state index in [1.54, 1.807) is 19.1 Å². The molecule has 0 aliphatic heterocycles. The summed E-state index contributed by atoms with van der Waals surface area (Å²) in [4.78, 5) is 11.7. The Morgan fingerprint density at radius 1 is 1.43 bits per heavy atom. The summed E-state index contributed by atoms with van der Waals surface area (Å²) in [5.74, 6) is -1.02. The number of halogens is 1. The fourth-order valence-corrected chi connectivity index (χ4v) is 1.73. The topological polar surface area (TPSA) is 99.7 Å². The van der Waals surface area contributed by atoms with Crippen LogP contribution >= 0.6 is 0 Å². The molecule has 0 saturated carbocycles. The van der Waals surface area contributed by atoms with Gasteiger partial charge in [-0.3, -0.25) is 4.79 Å². The van der Waals surface area contributed by atoms with Crippen molar-refractivity contribution >= 4 is 11.7 Å². The number of nitrogens with two attached hydrogens (primary N) is 1. The molecule has 6 nitrogen and oxygen atoms in total. The second kappa shape index (κ2) is 7.58. The lowest BCUT2D eigenvalue weighted by atomic mass is 10.1. The van der Waals surface area contributed by atoms with Crippen molar-refractivity contribution in [2.75, 3.05) is 0 Å². The van der Waals surface area contributed by atoms with Gasteiger partial charge in [0, 0.05) is 18.2 Å². The molecule has 1 amide bonds. The van der Waals surface area contributed by atoms with Crippen molar-refractivity contribution < 1.29 is 14.4 Å². The molecule has 0 aromatic heterocycles. The Hall–Kier alpha value is -2.15. The molecule has 7 heteroatoms. The number of carbonyl (C=O) groups is 1. The number of benzene rings is 1. The summed E-state index contributed by atoms with van der Waals surface area (Å²) in [6.45, 7) is 5.59. The maximum atomic E-state index is 14.2. The van der Waals surface area contributed by atoms with Gasteiger partial charge in [0.15, 0.2) is 5.84 Å². The van der Waals surface area contributed by atoms with Gasteiger partial charge in [-0.15, -0.1) is 0 Å². The molecular weight excluding hydrogens is 275 g/mol. The fraction of sp³-hybridized carbons (Fsp3) is 0.429. The lowest BCUT2D eigenvalue weighted by Gasteiger charge is -2.16. The summed E-state index contributed by atoms with van der Waals surface area (Å²) in [5, 5.41) is 17.1. The summed E-state index contributed by atoms with van der Waals surface area (Å²) in [6, 6.07) is 4.18. The zero-order valence-electron chi connectivity index (χ0n) is 12.4. The molecule has 0 aliphatic rings. The van der Waals surface area contributed by atoms with Crippen LogP contribution < -0.4 is 16.4 Å². The van der Waals surface area contributed by atoms with E-state index in [1.807, 2.05) is 13.8 Å². The minimum absolute atomic E-state index is 0.0242. The van der Waals surface area contributed by atoms with Crippen molar-refractivity contribution in [2.24, 2.45) is 10.9 Å². The lowest BCUT2D eigenvalue weighted by molar-refractivity contribution is -0.123. The largest absolute Gasteiger partial charge is 0.409 e. The van der Waals surface area contributed by atoms with Gasteiger partial charge in [-0.1, -0.05) is 17.3 Å². The van der Waals surface area contributed by atoms with Gasteiger partial charge in [-0.05, 0) is 26.8 Å². The molecule has 0 heterocycles. The zero-order chi connectivity index (χ0) is 16.0. The van der Waals surface area contributed by atoms with Crippen LogP contribution in [0.2, 0.25) is 0 Å². The molecule has 0 saturated heterocycles. The number of oxime groups is 1. The van der Waals surface area contributed by atoms with Gasteiger partial charge >= 0.3 is 0 Å². The molecular formula is C14H21FN4O2. The number of hydrogen-bond acceptors (Lipinski definition) is 4. The van der Waals surface area contributed by atoms with E-state index in [1.165, 1.54) is 6.07 Å². The first-order chi connectivity index (χ1) is 9.86. The van der Waals surface area contributed by atoms with E-state index in [0.29, 0.717) is 5.56 Å². The molecule has 0 radical (unpaired) electrons. The van der Waals surface area contributed by atoms with Gasteiger partial charge in [-0.2, -0.15) is 0 Å². The van der Waals surface area contributed by atoms with Crippen molar-refractivity contribution in [3.63, 3.8) is 0 Å². The van der Waals surface area contributed by atoms with Crippen LogP contribution in [0.25, 0.3) is 0 Å². The first-order valence-corrected chi connectivity index (χ1v) is 6.65. The molecule has 1 atom stereocenters. The number of amidine groups is 1. The average Bonchev–Trinajstić information content (AvgIpc) is 2.44. The van der Waals surface area contributed by atoms with Crippen molar-refractivity contribution in [3.8, 4) is 0 Å². The van der Waals surface area contributed by atoms with Crippen LogP contribution in [0.4, 0.5) is 4.39 Å². The zero-order valence-corrected chi connectivity index (χ0v) is 12.4. The Morgan fingerprint density at radius 3 is 2.67 bits per heavy atom. The molecule has 116 valence electrons. The minimum Gasteiger partial charge on any atom is -0.409 e. The van der Waals surface area contributed by atoms with E-state index in [4.69, 9.17) is 10.9 Å². The van der Waals surface area contributed by atoms with E-state index in [9.17, 15) is 9.18 Å². The third-order valence-electron chi connectivity index (χ3n) is 2.89. The third-order valence-corrected chi connectivity index (χ3v) is 2.89. The maximum Gasteiger partial charge on any atom is 0.237 e. The standard InChI is InChI=1S/C14H21FN4O2/c1-8(2)18-14(20)9(3)17-7-10-5-4-6-11(12(10)15)13(16)19-21/h4-6,8-9,17,21H,7H2,1-3H3,(H2,16,19)(H,18,20). The first kappa shape index (κ1) is 16.9. The first-order valence-electron chi connectivity index (χ1n) is 6.65. The maximum absolute atomic E-state index is 14.2. The molecule has 1 aromatic carbocycles. The Morgan fingerprint density at radius 2 is 2.10 bits per heavy atom. The highest BCUT2D eigenvalue weighted by Crippen LogP contribution is 2.13. The second-order valence-electron chi connectivity index (χ2n) is 5.03. The Kier molecular flexibility index (Phi) is 6.10. The summed E-state index contributed by atoms with van der Waals surface area (Å²) < 4.78 is 14.2. The predicted octanol–water partition coefficient (Wildman–Crippen LogP) is 0.923. The number of nitrogens with one attached hydrogen (secondary N) is 2. The van der Waals surface area contributed by atoms with Crippen LogP contribution in [0.3, 0.4) is 0 Å². The Balaban J connectivity index is 2.74. The van der Waals surface area contributed by atoms with E-state index in [0.717, 1.165) is 0 Å². The molecule has 0 aliphatic carbocycles. The molecule has 1 aromatic rings. The van der Waals surface area contributed by atoms with Crippen molar-refractivity contribution in [3.05, 3.63) is 35.1 Å². The van der Waals surface area contributed by atoms with Crippen LogP contribution in [0.5, 0.6) is 0 Å². The smallest absolute Gasteiger partial charge is 0.237 e. The minimum atomic E-state index is -0.572. The summed E-state index contributed by atoms with van der Waals surface area (Å²) >= 11 is 0. The van der Waals surface area contributed by atoms with Gasteiger partial charge in [0.2, 0.25) is 5.91 Å². The highest BCUT2D eigenvalue weighted by molar-refractivity contribution is 5.97. The molecule has 1 rings (SSSR count). The third kappa shape index (κ3) is 4.71. The van der Waals surface area contributed by atoms with Crippen molar-refractivity contribution in [1.29, 1.82) is 0 Å². The SMILES string of the molecule is CC(C)NC(=O)C(C)NCc1cccc(/C(N)=N/O)c1F.